The predicted octanol–water partition coefficient (Wildman–Crippen LogP) is 2.46. The zero-order valence-electron chi connectivity index (χ0n) is 12.6. The molecular weight excluding hydrogens is 314 g/mol. The van der Waals surface area contributed by atoms with Crippen molar-refractivity contribution in [1.29, 1.82) is 0 Å². The lowest BCUT2D eigenvalue weighted by Crippen LogP contribution is -2.33. The highest BCUT2D eigenvalue weighted by Gasteiger charge is 2.17. The minimum Gasteiger partial charge on any atom is -0.347 e. The van der Waals surface area contributed by atoms with Gasteiger partial charge in [-0.1, -0.05) is 18.2 Å². The summed E-state index contributed by atoms with van der Waals surface area (Å²) in [6, 6.07) is 9.75. The van der Waals surface area contributed by atoms with Gasteiger partial charge in [0.2, 0.25) is 0 Å². The van der Waals surface area contributed by atoms with Gasteiger partial charge in [-0.05, 0) is 25.1 Å². The van der Waals surface area contributed by atoms with Crippen molar-refractivity contribution in [3.05, 3.63) is 41.9 Å². The Balaban J connectivity index is 1.49. The molecule has 3 rings (SSSR count). The van der Waals surface area contributed by atoms with Crippen LogP contribution in [0.2, 0.25) is 0 Å². The molecule has 0 amide bonds. The topological polar surface area (TPSA) is 36.4 Å². The van der Waals surface area contributed by atoms with Crippen molar-refractivity contribution in [2.45, 2.75) is 11.3 Å². The predicted molar refractivity (Wildman–Crippen MR) is 93.1 cm³/mol. The number of thiazole rings is 1. The van der Waals surface area contributed by atoms with E-state index in [4.69, 9.17) is 0 Å². The Bertz CT molecular complexity index is 589. The van der Waals surface area contributed by atoms with Crippen LogP contribution in [0.25, 0.3) is 0 Å². The third-order valence-corrected chi connectivity index (χ3v) is 6.06. The van der Waals surface area contributed by atoms with Gasteiger partial charge in [-0.25, -0.2) is 4.98 Å². The summed E-state index contributed by atoms with van der Waals surface area (Å²) in [5, 5.41) is 3.15. The van der Waals surface area contributed by atoms with Crippen LogP contribution >= 0.6 is 11.3 Å². The second-order valence-electron chi connectivity index (χ2n) is 5.36. The van der Waals surface area contributed by atoms with Gasteiger partial charge in [0.1, 0.15) is 0 Å². The van der Waals surface area contributed by atoms with Gasteiger partial charge in [0.05, 0.1) is 10.8 Å². The highest BCUT2D eigenvalue weighted by molar-refractivity contribution is 7.85. The van der Waals surface area contributed by atoms with Crippen LogP contribution in [0.4, 0.5) is 5.13 Å². The van der Waals surface area contributed by atoms with Crippen molar-refractivity contribution >= 4 is 27.3 Å². The third kappa shape index (κ3) is 4.15. The van der Waals surface area contributed by atoms with E-state index in [0.29, 0.717) is 5.75 Å². The van der Waals surface area contributed by atoms with Crippen molar-refractivity contribution in [3.8, 4) is 0 Å². The summed E-state index contributed by atoms with van der Waals surface area (Å²) >= 11 is 1.70. The molecule has 1 fully saturated rings. The fourth-order valence-electron chi connectivity index (χ4n) is 2.66. The molecule has 0 aliphatic carbocycles. The van der Waals surface area contributed by atoms with E-state index >= 15 is 0 Å². The van der Waals surface area contributed by atoms with Gasteiger partial charge in [0.25, 0.3) is 0 Å². The van der Waals surface area contributed by atoms with Crippen LogP contribution in [0.3, 0.4) is 0 Å². The van der Waals surface area contributed by atoms with Crippen LogP contribution in [-0.4, -0.2) is 52.6 Å². The molecule has 0 saturated carbocycles. The summed E-state index contributed by atoms with van der Waals surface area (Å²) in [4.78, 5) is 10.1. The molecule has 2 heterocycles. The Kier molecular flexibility index (Phi) is 5.58. The number of anilines is 1. The van der Waals surface area contributed by atoms with Crippen LogP contribution in [-0.2, 0) is 10.8 Å². The highest BCUT2D eigenvalue weighted by Crippen LogP contribution is 2.19. The Morgan fingerprint density at radius 3 is 2.77 bits per heavy atom. The maximum Gasteiger partial charge on any atom is 0.185 e. The Morgan fingerprint density at radius 2 is 2.00 bits per heavy atom. The molecule has 1 saturated heterocycles. The number of hydrogen-bond acceptors (Lipinski definition) is 5. The second-order valence-corrected chi connectivity index (χ2v) is 7.80. The molecule has 4 nitrogen and oxygen atoms in total. The summed E-state index contributed by atoms with van der Waals surface area (Å²) in [5.41, 5.74) is 0. The lowest BCUT2D eigenvalue weighted by atomic mass is 10.4. The zero-order valence-corrected chi connectivity index (χ0v) is 14.2. The maximum absolute atomic E-state index is 12.3. The van der Waals surface area contributed by atoms with E-state index < -0.39 is 10.8 Å². The first kappa shape index (κ1) is 15.6. The lowest BCUT2D eigenvalue weighted by Gasteiger charge is -2.21. The minimum absolute atomic E-state index is 0.710. The van der Waals surface area contributed by atoms with E-state index in [2.05, 4.69) is 14.8 Å². The van der Waals surface area contributed by atoms with Gasteiger partial charge in [0, 0.05) is 48.4 Å². The number of nitrogens with zero attached hydrogens (tertiary/aromatic N) is 3. The van der Waals surface area contributed by atoms with Crippen LogP contribution in [0.15, 0.2) is 46.8 Å². The monoisotopic (exact) mass is 335 g/mol. The Morgan fingerprint density at radius 1 is 1.14 bits per heavy atom. The summed E-state index contributed by atoms with van der Waals surface area (Å²) in [5.74, 6) is 0.710. The second kappa shape index (κ2) is 7.85. The van der Waals surface area contributed by atoms with Gasteiger partial charge < -0.3 is 9.80 Å². The molecule has 2 aromatic rings. The van der Waals surface area contributed by atoms with Gasteiger partial charge >= 0.3 is 0 Å². The van der Waals surface area contributed by atoms with Crippen molar-refractivity contribution in [1.82, 2.24) is 9.88 Å². The van der Waals surface area contributed by atoms with E-state index in [0.717, 1.165) is 49.2 Å². The molecule has 6 heteroatoms. The van der Waals surface area contributed by atoms with E-state index in [9.17, 15) is 4.21 Å². The molecule has 1 aliphatic heterocycles. The van der Waals surface area contributed by atoms with Crippen molar-refractivity contribution < 1.29 is 4.21 Å². The standard InChI is InChI=1S/C16H21N3OS2/c20-22(15-5-2-1-3-6-15)14-12-18-8-4-9-19(11-10-18)16-17-7-13-21-16/h1-3,5-7,13H,4,8-12,14H2. The van der Waals surface area contributed by atoms with Gasteiger partial charge in [-0.3, -0.25) is 4.21 Å². The van der Waals surface area contributed by atoms with Gasteiger partial charge in [-0.2, -0.15) is 0 Å². The van der Waals surface area contributed by atoms with Crippen molar-refractivity contribution in [2.24, 2.45) is 0 Å². The molecule has 0 bridgehead atoms. The van der Waals surface area contributed by atoms with E-state index in [1.54, 1.807) is 11.3 Å². The summed E-state index contributed by atoms with van der Waals surface area (Å²) < 4.78 is 12.3. The quantitative estimate of drug-likeness (QED) is 0.841. The van der Waals surface area contributed by atoms with Crippen LogP contribution in [0.5, 0.6) is 0 Å². The molecule has 118 valence electrons. The van der Waals surface area contributed by atoms with Gasteiger partial charge in [-0.15, -0.1) is 11.3 Å². The number of hydrogen-bond donors (Lipinski definition) is 0. The molecule has 1 aromatic heterocycles. The maximum atomic E-state index is 12.3. The van der Waals surface area contributed by atoms with Gasteiger partial charge in [0.15, 0.2) is 5.13 Å². The largest absolute Gasteiger partial charge is 0.347 e. The first-order valence-electron chi connectivity index (χ1n) is 7.63. The fourth-order valence-corrected chi connectivity index (χ4v) is 4.48. The molecule has 0 spiro atoms. The van der Waals surface area contributed by atoms with Crippen LogP contribution < -0.4 is 4.90 Å². The molecular formula is C16H21N3OS2. The molecule has 1 atom stereocenters. The third-order valence-electron chi connectivity index (χ3n) is 3.88. The number of rotatable bonds is 5. The smallest absolute Gasteiger partial charge is 0.185 e. The van der Waals surface area contributed by atoms with E-state index in [1.807, 2.05) is 41.9 Å². The molecule has 1 unspecified atom stereocenters. The Hall–Kier alpha value is -1.24. The summed E-state index contributed by atoms with van der Waals surface area (Å²) in [6.45, 7) is 5.06. The van der Waals surface area contributed by atoms with Crippen LogP contribution in [0, 0.1) is 0 Å². The zero-order chi connectivity index (χ0) is 15.2. The highest BCUT2D eigenvalue weighted by atomic mass is 32.2. The first-order chi connectivity index (χ1) is 10.8. The van der Waals surface area contributed by atoms with E-state index in [-0.39, 0.29) is 0 Å². The van der Waals surface area contributed by atoms with Crippen molar-refractivity contribution in [3.63, 3.8) is 0 Å². The lowest BCUT2D eigenvalue weighted by molar-refractivity contribution is 0.311. The first-order valence-corrected chi connectivity index (χ1v) is 9.83. The van der Waals surface area contributed by atoms with Crippen molar-refractivity contribution in [2.75, 3.05) is 43.4 Å². The minimum atomic E-state index is -0.895. The molecule has 0 radical (unpaired) electrons. The number of aromatic nitrogens is 1. The summed E-state index contributed by atoms with van der Waals surface area (Å²) in [7, 11) is -0.895. The molecule has 1 aliphatic rings. The Labute approximate surface area is 138 Å². The fraction of sp³-hybridized carbons (Fsp3) is 0.438. The average molecular weight is 335 g/mol. The average Bonchev–Trinajstić information content (AvgIpc) is 2.99. The molecule has 22 heavy (non-hydrogen) atoms. The normalized spacial score (nSPS) is 18.1. The van der Waals surface area contributed by atoms with Crippen LogP contribution in [0.1, 0.15) is 6.42 Å². The summed E-state index contributed by atoms with van der Waals surface area (Å²) in [6.07, 6.45) is 3.00. The SMILES string of the molecule is O=S(CCN1CCCN(c2nccs2)CC1)c1ccccc1. The molecule has 0 N–H and O–H groups in total. The number of benzene rings is 1. The molecule has 1 aromatic carbocycles. The van der Waals surface area contributed by atoms with E-state index in [1.165, 1.54) is 0 Å².